The van der Waals surface area contributed by atoms with E-state index in [2.05, 4.69) is 14.8 Å². The lowest BCUT2D eigenvalue weighted by Gasteiger charge is -2.10. The third-order valence-corrected chi connectivity index (χ3v) is 4.16. The Bertz CT molecular complexity index is 648. The van der Waals surface area contributed by atoms with Crippen LogP contribution in [0.3, 0.4) is 0 Å². The van der Waals surface area contributed by atoms with Crippen molar-refractivity contribution in [1.29, 1.82) is 0 Å². The number of carbonyl (C=O) groups excluding carboxylic acids is 1. The lowest BCUT2D eigenvalue weighted by atomic mass is 10.2. The van der Waals surface area contributed by atoms with E-state index in [-0.39, 0.29) is 30.2 Å². The first-order valence-corrected chi connectivity index (χ1v) is 8.81. The molecule has 1 aromatic carbocycles. The molecular formula is C14H19F3N2O4S. The van der Waals surface area contributed by atoms with Gasteiger partial charge in [-0.3, -0.25) is 9.52 Å². The number of sulfonamides is 1. The Morgan fingerprint density at radius 2 is 2.00 bits per heavy atom. The van der Waals surface area contributed by atoms with Crippen molar-refractivity contribution in [2.24, 2.45) is 0 Å². The summed E-state index contributed by atoms with van der Waals surface area (Å²) in [5, 5.41) is 2.39. The minimum atomic E-state index is -4.41. The Morgan fingerprint density at radius 3 is 2.62 bits per heavy atom. The van der Waals surface area contributed by atoms with Crippen molar-refractivity contribution in [2.75, 3.05) is 30.2 Å². The quantitative estimate of drug-likeness (QED) is 0.654. The molecule has 0 aliphatic rings. The molecule has 1 rings (SSSR count). The van der Waals surface area contributed by atoms with Crippen LogP contribution in [-0.4, -0.2) is 46.0 Å². The maximum atomic E-state index is 11.9. The standard InChI is InChI=1S/C14H19F3N2O4S/c1-2-8-24(21,22)19-12-5-3-4-11(9-12)13(20)18-6-7-23-10-14(15,16)17/h3-5,9,19H,2,6-8,10H2,1H3,(H,18,20). The van der Waals surface area contributed by atoms with Gasteiger partial charge < -0.3 is 10.1 Å². The van der Waals surface area contributed by atoms with E-state index >= 15 is 0 Å². The van der Waals surface area contributed by atoms with E-state index in [4.69, 9.17) is 0 Å². The molecule has 0 atom stereocenters. The highest BCUT2D eigenvalue weighted by molar-refractivity contribution is 7.92. The summed E-state index contributed by atoms with van der Waals surface area (Å²) in [5.74, 6) is -0.581. The molecule has 0 unspecified atom stereocenters. The molecule has 0 aliphatic carbocycles. The van der Waals surface area contributed by atoms with Crippen LogP contribution >= 0.6 is 0 Å². The molecule has 0 aromatic heterocycles. The van der Waals surface area contributed by atoms with Crippen molar-refractivity contribution < 1.29 is 31.1 Å². The average molecular weight is 368 g/mol. The molecule has 0 saturated heterocycles. The van der Waals surface area contributed by atoms with Gasteiger partial charge in [0.2, 0.25) is 10.0 Å². The molecule has 0 heterocycles. The van der Waals surface area contributed by atoms with Crippen molar-refractivity contribution in [1.82, 2.24) is 5.32 Å². The lowest BCUT2D eigenvalue weighted by Crippen LogP contribution is -2.29. The van der Waals surface area contributed by atoms with Gasteiger partial charge in [0, 0.05) is 17.8 Å². The van der Waals surface area contributed by atoms with E-state index in [1.165, 1.54) is 24.3 Å². The number of nitrogens with one attached hydrogen (secondary N) is 2. The molecule has 0 bridgehead atoms. The average Bonchev–Trinajstić information content (AvgIpc) is 2.45. The van der Waals surface area contributed by atoms with Crippen molar-refractivity contribution in [2.45, 2.75) is 19.5 Å². The number of amides is 1. The van der Waals surface area contributed by atoms with Crippen molar-refractivity contribution in [3.63, 3.8) is 0 Å². The van der Waals surface area contributed by atoms with E-state index in [1.54, 1.807) is 6.92 Å². The van der Waals surface area contributed by atoms with Gasteiger partial charge in [0.1, 0.15) is 6.61 Å². The molecular weight excluding hydrogens is 349 g/mol. The summed E-state index contributed by atoms with van der Waals surface area (Å²) in [4.78, 5) is 11.9. The molecule has 0 spiro atoms. The zero-order chi connectivity index (χ0) is 18.2. The highest BCUT2D eigenvalue weighted by Gasteiger charge is 2.27. The van der Waals surface area contributed by atoms with Crippen LogP contribution in [0.2, 0.25) is 0 Å². The van der Waals surface area contributed by atoms with Crippen LogP contribution in [0.1, 0.15) is 23.7 Å². The SMILES string of the molecule is CCCS(=O)(=O)Nc1cccc(C(=O)NCCOCC(F)(F)F)c1. The Kier molecular flexibility index (Phi) is 7.49. The molecule has 0 saturated carbocycles. The van der Waals surface area contributed by atoms with Crippen LogP contribution in [0.4, 0.5) is 18.9 Å². The smallest absolute Gasteiger partial charge is 0.370 e. The maximum Gasteiger partial charge on any atom is 0.411 e. The molecule has 1 aromatic rings. The number of ether oxygens (including phenoxy) is 1. The highest BCUT2D eigenvalue weighted by atomic mass is 32.2. The fourth-order valence-electron chi connectivity index (χ4n) is 1.75. The second-order valence-corrected chi connectivity index (χ2v) is 6.77. The predicted molar refractivity (Wildman–Crippen MR) is 83.3 cm³/mol. The molecule has 0 radical (unpaired) electrons. The summed E-state index contributed by atoms with van der Waals surface area (Å²) >= 11 is 0. The van der Waals surface area contributed by atoms with Crippen molar-refractivity contribution in [3.8, 4) is 0 Å². The maximum absolute atomic E-state index is 11.9. The third kappa shape index (κ3) is 8.16. The van der Waals surface area contributed by atoms with Gasteiger partial charge in [0.05, 0.1) is 12.4 Å². The number of benzene rings is 1. The van der Waals surface area contributed by atoms with E-state index in [0.29, 0.717) is 6.42 Å². The summed E-state index contributed by atoms with van der Waals surface area (Å²) in [5.41, 5.74) is 0.423. The second kappa shape index (κ2) is 8.88. The number of carbonyl (C=O) groups is 1. The Hall–Kier alpha value is -1.81. The number of hydrogen-bond donors (Lipinski definition) is 2. The summed E-state index contributed by atoms with van der Waals surface area (Å²) in [6.45, 7) is -0.0315. The van der Waals surface area contributed by atoms with Crippen molar-refractivity contribution in [3.05, 3.63) is 29.8 Å². The van der Waals surface area contributed by atoms with Crippen LogP contribution in [0.15, 0.2) is 24.3 Å². The van der Waals surface area contributed by atoms with Crippen LogP contribution < -0.4 is 10.0 Å². The van der Waals surface area contributed by atoms with Crippen LogP contribution in [0.25, 0.3) is 0 Å². The lowest BCUT2D eigenvalue weighted by molar-refractivity contribution is -0.173. The summed E-state index contributed by atoms with van der Waals surface area (Å²) in [6.07, 6.45) is -3.96. The minimum absolute atomic E-state index is 0.0417. The second-order valence-electron chi connectivity index (χ2n) is 4.93. The Morgan fingerprint density at radius 1 is 1.29 bits per heavy atom. The van der Waals surface area contributed by atoms with Crippen molar-refractivity contribution >= 4 is 21.6 Å². The number of halogens is 3. The van der Waals surface area contributed by atoms with Gasteiger partial charge in [-0.2, -0.15) is 13.2 Å². The highest BCUT2D eigenvalue weighted by Crippen LogP contribution is 2.14. The fourth-order valence-corrected chi connectivity index (χ4v) is 2.88. The van der Waals surface area contributed by atoms with Crippen LogP contribution in [-0.2, 0) is 14.8 Å². The van der Waals surface area contributed by atoms with Crippen LogP contribution in [0, 0.1) is 0 Å². The first kappa shape index (κ1) is 20.2. The van der Waals surface area contributed by atoms with Gasteiger partial charge in [-0.1, -0.05) is 13.0 Å². The number of rotatable bonds is 9. The van der Waals surface area contributed by atoms with Gasteiger partial charge in [-0.05, 0) is 24.6 Å². The van der Waals surface area contributed by atoms with E-state index in [0.717, 1.165) is 0 Å². The van der Waals surface area contributed by atoms with E-state index in [9.17, 15) is 26.4 Å². The van der Waals surface area contributed by atoms with E-state index in [1.807, 2.05) is 0 Å². The third-order valence-electron chi connectivity index (χ3n) is 2.67. The molecule has 0 fully saturated rings. The number of alkyl halides is 3. The first-order valence-electron chi connectivity index (χ1n) is 7.16. The predicted octanol–water partition coefficient (Wildman–Crippen LogP) is 2.15. The summed E-state index contributed by atoms with van der Waals surface area (Å²) in [6, 6.07) is 5.80. The molecule has 136 valence electrons. The topological polar surface area (TPSA) is 84.5 Å². The van der Waals surface area contributed by atoms with Gasteiger partial charge in [0.15, 0.2) is 0 Å². The number of hydrogen-bond acceptors (Lipinski definition) is 4. The Balaban J connectivity index is 2.52. The Labute approximate surface area is 138 Å². The van der Waals surface area contributed by atoms with Gasteiger partial charge in [-0.25, -0.2) is 8.42 Å². The number of anilines is 1. The molecule has 10 heteroatoms. The monoisotopic (exact) mass is 368 g/mol. The minimum Gasteiger partial charge on any atom is -0.370 e. The first-order chi connectivity index (χ1) is 11.1. The zero-order valence-corrected chi connectivity index (χ0v) is 13.8. The van der Waals surface area contributed by atoms with Gasteiger partial charge >= 0.3 is 6.18 Å². The largest absolute Gasteiger partial charge is 0.411 e. The fraction of sp³-hybridized carbons (Fsp3) is 0.500. The molecule has 0 aliphatic heterocycles. The molecule has 6 nitrogen and oxygen atoms in total. The molecule has 1 amide bonds. The molecule has 24 heavy (non-hydrogen) atoms. The van der Waals surface area contributed by atoms with Gasteiger partial charge in [-0.15, -0.1) is 0 Å². The van der Waals surface area contributed by atoms with Gasteiger partial charge in [0.25, 0.3) is 5.91 Å². The summed E-state index contributed by atoms with van der Waals surface area (Å²) in [7, 11) is -3.47. The molecule has 2 N–H and O–H groups in total. The van der Waals surface area contributed by atoms with E-state index < -0.39 is 28.7 Å². The zero-order valence-electron chi connectivity index (χ0n) is 13.0. The normalized spacial score (nSPS) is 12.0. The summed E-state index contributed by atoms with van der Waals surface area (Å²) < 4.78 is 65.7. The van der Waals surface area contributed by atoms with Crippen LogP contribution in [0.5, 0.6) is 0 Å².